The van der Waals surface area contributed by atoms with Crippen molar-refractivity contribution in [3.8, 4) is 6.07 Å². The number of nitrogens with one attached hydrogen (secondary N) is 1. The molecule has 1 fully saturated rings. The standard InChI is InChI=1S/C30H37N9O2/c1-19(32)20-8-10-25-21(15-20)6-7-22-16-23(28(33)41)9-11-26(22)30(25,29(37-34)38(3)35-2)12-13-36-18-27(40)39-14-4-5-24(39)17-31/h8-11,15-16,24,36H,1-2,4-7,12-14,18,32,34H2,3H3,(H2,33,41)/b37-29-/t24-,30?/m0/s1. The van der Waals surface area contributed by atoms with Crippen molar-refractivity contribution in [2.24, 2.45) is 27.5 Å². The van der Waals surface area contributed by atoms with Crippen LogP contribution in [0, 0.1) is 11.3 Å². The van der Waals surface area contributed by atoms with E-state index >= 15 is 0 Å². The van der Waals surface area contributed by atoms with Crippen molar-refractivity contribution in [1.29, 1.82) is 5.26 Å². The lowest BCUT2D eigenvalue weighted by Crippen LogP contribution is -2.48. The number of nitrogens with zero attached hydrogens (tertiary/aromatic N) is 5. The number of likely N-dealkylation sites (tertiary alicyclic amines) is 1. The number of aryl methyl sites for hydroxylation is 2. The molecule has 11 nitrogen and oxygen atoms in total. The summed E-state index contributed by atoms with van der Waals surface area (Å²) in [6, 6.07) is 13.2. The highest BCUT2D eigenvalue weighted by molar-refractivity contribution is 5.98. The van der Waals surface area contributed by atoms with Gasteiger partial charge in [-0.2, -0.15) is 15.5 Å². The predicted molar refractivity (Wildman–Crippen MR) is 160 cm³/mol. The summed E-state index contributed by atoms with van der Waals surface area (Å²) in [5.41, 5.74) is 16.2. The molecule has 1 heterocycles. The minimum atomic E-state index is -0.935. The molecular weight excluding hydrogens is 518 g/mol. The third kappa shape index (κ3) is 5.51. The molecule has 2 amide bonds. The van der Waals surface area contributed by atoms with Gasteiger partial charge in [-0.05, 0) is 84.7 Å². The number of hydrogen-bond donors (Lipinski definition) is 4. The van der Waals surface area contributed by atoms with Crippen LogP contribution in [-0.2, 0) is 23.1 Å². The van der Waals surface area contributed by atoms with Gasteiger partial charge in [0.25, 0.3) is 0 Å². The highest BCUT2D eigenvalue weighted by Gasteiger charge is 2.46. The first-order valence-corrected chi connectivity index (χ1v) is 13.6. The minimum absolute atomic E-state index is 0.0885. The van der Waals surface area contributed by atoms with E-state index in [9.17, 15) is 14.9 Å². The Bertz CT molecular complexity index is 1380. The molecule has 2 aromatic carbocycles. The average Bonchev–Trinajstić information content (AvgIpc) is 3.41. The van der Waals surface area contributed by atoms with Crippen LogP contribution >= 0.6 is 0 Å². The predicted octanol–water partition coefficient (Wildman–Crippen LogP) is 1.41. The summed E-state index contributed by atoms with van der Waals surface area (Å²) in [7, 11) is 1.73. The number of carbonyl (C=O) groups excluding carboxylic acids is 2. The van der Waals surface area contributed by atoms with Gasteiger partial charge in [0.1, 0.15) is 6.04 Å². The topological polar surface area (TPSA) is 179 Å². The molecule has 0 spiro atoms. The zero-order valence-corrected chi connectivity index (χ0v) is 23.4. The van der Waals surface area contributed by atoms with Crippen LogP contribution in [-0.4, -0.2) is 67.0 Å². The number of nitrogens with two attached hydrogens (primary N) is 3. The zero-order chi connectivity index (χ0) is 29.7. The number of primary amides is 1. The van der Waals surface area contributed by atoms with Gasteiger partial charge in [-0.25, -0.2) is 0 Å². The highest BCUT2D eigenvalue weighted by Crippen LogP contribution is 2.45. The van der Waals surface area contributed by atoms with Crippen LogP contribution < -0.4 is 22.6 Å². The summed E-state index contributed by atoms with van der Waals surface area (Å²) in [5.74, 6) is 5.91. The molecule has 7 N–H and O–H groups in total. The quantitative estimate of drug-likeness (QED) is 0.119. The van der Waals surface area contributed by atoms with Crippen LogP contribution in [0.1, 0.15) is 57.4 Å². The van der Waals surface area contributed by atoms with Crippen molar-refractivity contribution in [1.82, 2.24) is 15.2 Å². The van der Waals surface area contributed by atoms with E-state index in [4.69, 9.17) is 17.3 Å². The van der Waals surface area contributed by atoms with Gasteiger partial charge in [0.15, 0.2) is 5.84 Å². The Balaban J connectivity index is 1.82. The second kappa shape index (κ2) is 12.2. The maximum absolute atomic E-state index is 12.9. The van der Waals surface area contributed by atoms with Gasteiger partial charge in [-0.3, -0.25) is 14.6 Å². The molecule has 0 radical (unpaired) electrons. The van der Waals surface area contributed by atoms with E-state index in [-0.39, 0.29) is 18.5 Å². The molecule has 41 heavy (non-hydrogen) atoms. The molecule has 214 valence electrons. The van der Waals surface area contributed by atoms with Crippen molar-refractivity contribution < 1.29 is 9.59 Å². The number of rotatable bonds is 9. The normalized spacial score (nSPS) is 19.9. The van der Waals surface area contributed by atoms with E-state index in [1.807, 2.05) is 30.3 Å². The van der Waals surface area contributed by atoms with Crippen LogP contribution in [0.5, 0.6) is 0 Å². The summed E-state index contributed by atoms with van der Waals surface area (Å²) < 4.78 is 0. The number of hydrogen-bond acceptors (Lipinski definition) is 8. The molecule has 11 heteroatoms. The lowest BCUT2D eigenvalue weighted by atomic mass is 9.68. The van der Waals surface area contributed by atoms with Gasteiger partial charge < -0.3 is 27.5 Å². The molecule has 1 aliphatic heterocycles. The molecule has 1 saturated heterocycles. The van der Waals surface area contributed by atoms with E-state index < -0.39 is 11.3 Å². The molecule has 2 aliphatic rings. The number of carbonyl (C=O) groups is 2. The van der Waals surface area contributed by atoms with E-state index in [0.717, 1.165) is 34.2 Å². The van der Waals surface area contributed by atoms with Crippen LogP contribution in [0.4, 0.5) is 0 Å². The van der Waals surface area contributed by atoms with Crippen molar-refractivity contribution in [2.45, 2.75) is 43.6 Å². The SMILES string of the molecule is C=NN(C)/C(=N\N)C1(CCNCC(=O)N2CCC[C@H]2C#N)c2ccc(C(=C)N)cc2CCc2cc(C(N)=O)ccc21. The largest absolute Gasteiger partial charge is 0.399 e. The summed E-state index contributed by atoms with van der Waals surface area (Å²) >= 11 is 0. The average molecular weight is 556 g/mol. The van der Waals surface area contributed by atoms with Gasteiger partial charge in [0.2, 0.25) is 11.8 Å². The van der Waals surface area contributed by atoms with Crippen LogP contribution in [0.15, 0.2) is 53.2 Å². The van der Waals surface area contributed by atoms with E-state index in [1.165, 1.54) is 0 Å². The molecule has 0 bridgehead atoms. The van der Waals surface area contributed by atoms with Crippen LogP contribution in [0.3, 0.4) is 0 Å². The molecule has 0 aromatic heterocycles. The van der Waals surface area contributed by atoms with Gasteiger partial charge in [0, 0.05) is 31.6 Å². The molecule has 2 aromatic rings. The lowest BCUT2D eigenvalue weighted by Gasteiger charge is -2.39. The molecular formula is C30H37N9O2. The Hall–Kier alpha value is -4.69. The fourth-order valence-corrected chi connectivity index (χ4v) is 6.13. The van der Waals surface area contributed by atoms with Gasteiger partial charge in [-0.15, -0.1) is 0 Å². The molecule has 4 rings (SSSR count). The maximum atomic E-state index is 12.9. The van der Waals surface area contributed by atoms with Gasteiger partial charge >= 0.3 is 0 Å². The number of amidine groups is 1. The number of amides is 2. The van der Waals surface area contributed by atoms with Crippen molar-refractivity contribution in [3.05, 3.63) is 76.4 Å². The van der Waals surface area contributed by atoms with E-state index in [0.29, 0.717) is 55.9 Å². The molecule has 0 saturated carbocycles. The van der Waals surface area contributed by atoms with Gasteiger partial charge in [-0.1, -0.05) is 24.8 Å². The minimum Gasteiger partial charge on any atom is -0.399 e. The van der Waals surface area contributed by atoms with Crippen molar-refractivity contribution >= 4 is 30.1 Å². The van der Waals surface area contributed by atoms with Crippen molar-refractivity contribution in [3.63, 3.8) is 0 Å². The Morgan fingerprint density at radius 1 is 1.17 bits per heavy atom. The third-order valence-electron chi connectivity index (χ3n) is 8.15. The number of nitriles is 1. The van der Waals surface area contributed by atoms with Crippen LogP contribution in [0.2, 0.25) is 0 Å². The van der Waals surface area contributed by atoms with Crippen LogP contribution in [0.25, 0.3) is 5.70 Å². The number of likely N-dealkylation sites (N-methyl/N-ethyl adjacent to an activating group) is 1. The number of benzene rings is 2. The van der Waals surface area contributed by atoms with E-state index in [2.05, 4.69) is 34.9 Å². The molecule has 1 unspecified atom stereocenters. The fourth-order valence-electron chi connectivity index (χ4n) is 6.13. The first-order valence-electron chi connectivity index (χ1n) is 13.6. The Morgan fingerprint density at radius 3 is 2.37 bits per heavy atom. The number of fused-ring (bicyclic) bond motifs is 2. The fraction of sp³-hybridized carbons (Fsp3) is 0.367. The zero-order valence-electron chi connectivity index (χ0n) is 23.4. The summed E-state index contributed by atoms with van der Waals surface area (Å²) in [4.78, 5) is 26.7. The third-order valence-corrected chi connectivity index (χ3v) is 8.15. The molecule has 2 atom stereocenters. The van der Waals surface area contributed by atoms with Crippen molar-refractivity contribution in [2.75, 3.05) is 26.7 Å². The lowest BCUT2D eigenvalue weighted by molar-refractivity contribution is -0.130. The smallest absolute Gasteiger partial charge is 0.248 e. The second-order valence-corrected chi connectivity index (χ2v) is 10.5. The van der Waals surface area contributed by atoms with Gasteiger partial charge in [0.05, 0.1) is 18.0 Å². The van der Waals surface area contributed by atoms with E-state index in [1.54, 1.807) is 23.0 Å². The Morgan fingerprint density at radius 2 is 1.80 bits per heavy atom. The molecule has 1 aliphatic carbocycles. The Labute approximate surface area is 240 Å². The summed E-state index contributed by atoms with van der Waals surface area (Å²) in [6.07, 6.45) is 3.25. The monoisotopic (exact) mass is 555 g/mol. The summed E-state index contributed by atoms with van der Waals surface area (Å²) in [6.45, 7) is 8.68. The highest BCUT2D eigenvalue weighted by atomic mass is 16.2. The second-order valence-electron chi connectivity index (χ2n) is 10.5. The maximum Gasteiger partial charge on any atom is 0.248 e. The summed E-state index contributed by atoms with van der Waals surface area (Å²) in [5, 5.41) is 22.6. The first kappa shape index (κ1) is 29.3. The Kier molecular flexibility index (Phi) is 8.74. The first-order chi connectivity index (χ1) is 19.7. The number of hydrazone groups is 2.